The second kappa shape index (κ2) is 25.8. The van der Waals surface area contributed by atoms with Gasteiger partial charge < -0.3 is 13.3 Å². The average Bonchev–Trinajstić information content (AvgIpc) is 1.71. The smallest absolute Gasteiger partial charge is 0.136 e. The van der Waals surface area contributed by atoms with E-state index in [1.807, 2.05) is 22.7 Å². The van der Waals surface area contributed by atoms with Crippen molar-refractivity contribution in [3.8, 4) is 98.8 Å². The lowest BCUT2D eigenvalue weighted by molar-refractivity contribution is 0.669. The fraction of sp³-hybridized carbons (Fsp3) is 0. The molecular weight excluding hydrogens is 1480 g/mol. The summed E-state index contributed by atoms with van der Waals surface area (Å²) in [4.78, 5) is 2.36. The van der Waals surface area contributed by atoms with Gasteiger partial charge in [-0.1, -0.05) is 297 Å². The van der Waals surface area contributed by atoms with Gasteiger partial charge in [-0.15, -0.1) is 22.7 Å². The van der Waals surface area contributed by atoms with Crippen molar-refractivity contribution in [1.82, 2.24) is 0 Å². The summed E-state index contributed by atoms with van der Waals surface area (Å²) in [6, 6.07) is 144. The predicted octanol–water partition coefficient (Wildman–Crippen LogP) is 34.0. The zero-order valence-electron chi connectivity index (χ0n) is 64.0. The normalized spacial score (nSPS) is 12.2. The Balaban J connectivity index is 0.651. The fourth-order valence-electron chi connectivity index (χ4n) is 20.1. The molecule has 26 rings (SSSR count). The monoisotopic (exact) mass is 1540 g/mol. The molecule has 5 aromatic heterocycles. The molecule has 0 aliphatic carbocycles. The molecule has 550 valence electrons. The van der Waals surface area contributed by atoms with Crippen LogP contribution in [0.4, 0.5) is 0 Å². The molecule has 0 N–H and O–H groups in total. The molecule has 0 spiro atoms. The van der Waals surface area contributed by atoms with E-state index in [1.165, 1.54) is 112 Å². The topological polar surface area (TPSA) is 39.4 Å². The average molecular weight is 1550 g/mol. The highest BCUT2D eigenvalue weighted by molar-refractivity contribution is 7.25. The maximum absolute atomic E-state index is 7.27. The Morgan fingerprint density at radius 1 is 0.160 bits per heavy atom. The number of thiophene rings is 2. The van der Waals surface area contributed by atoms with E-state index >= 15 is 0 Å². The van der Waals surface area contributed by atoms with Gasteiger partial charge in [0.1, 0.15) is 33.5 Å². The molecule has 0 unspecified atom stereocenters. The summed E-state index contributed by atoms with van der Waals surface area (Å²) < 4.78 is 23.5. The Bertz CT molecular complexity index is 8880. The molecule has 0 aliphatic heterocycles. The molecule has 21 aromatic carbocycles. The van der Waals surface area contributed by atoms with Crippen molar-refractivity contribution in [2.75, 3.05) is 0 Å². The molecular formula is C114H64O3S2. The molecule has 3 nitrogen and oxygen atoms in total. The van der Waals surface area contributed by atoms with E-state index in [1.54, 1.807) is 0 Å². The van der Waals surface area contributed by atoms with Gasteiger partial charge in [-0.05, 0) is 255 Å². The van der Waals surface area contributed by atoms with E-state index in [4.69, 9.17) is 13.3 Å². The Hall–Kier alpha value is -15.0. The Morgan fingerprint density at radius 2 is 0.622 bits per heavy atom. The minimum absolute atomic E-state index is 0.846. The molecule has 5 heteroatoms. The summed E-state index contributed by atoms with van der Waals surface area (Å²) in [7, 11) is 0. The Kier molecular flexibility index (Phi) is 14.4. The van der Waals surface area contributed by atoms with Crippen molar-refractivity contribution in [1.29, 1.82) is 0 Å². The highest BCUT2D eigenvalue weighted by Crippen LogP contribution is 2.54. The van der Waals surface area contributed by atoms with Crippen LogP contribution in [0.5, 0.6) is 0 Å². The minimum atomic E-state index is 0.846. The third kappa shape index (κ3) is 10.1. The van der Waals surface area contributed by atoms with Gasteiger partial charge in [-0.25, -0.2) is 0 Å². The Labute approximate surface area is 690 Å². The number of rotatable bonds is 9. The first-order valence-electron chi connectivity index (χ1n) is 40.7. The first-order chi connectivity index (χ1) is 59.0. The maximum atomic E-state index is 7.27. The van der Waals surface area contributed by atoms with E-state index in [-0.39, 0.29) is 0 Å². The number of para-hydroxylation sites is 1. The van der Waals surface area contributed by atoms with Gasteiger partial charge in [-0.2, -0.15) is 0 Å². The molecule has 0 saturated carbocycles. The van der Waals surface area contributed by atoms with E-state index in [0.29, 0.717) is 0 Å². The van der Waals surface area contributed by atoms with E-state index in [9.17, 15) is 0 Å². The lowest BCUT2D eigenvalue weighted by Gasteiger charge is -2.19. The van der Waals surface area contributed by atoms with Crippen LogP contribution in [0, 0.1) is 0 Å². The number of fused-ring (bicyclic) bond motifs is 21. The van der Waals surface area contributed by atoms with Crippen LogP contribution in [-0.2, 0) is 0 Å². The van der Waals surface area contributed by atoms with Gasteiger partial charge in [0.2, 0.25) is 0 Å². The molecule has 0 aliphatic rings. The first-order valence-corrected chi connectivity index (χ1v) is 42.3. The van der Waals surface area contributed by atoms with Crippen LogP contribution in [0.1, 0.15) is 0 Å². The van der Waals surface area contributed by atoms with E-state index < -0.39 is 0 Å². The molecule has 0 radical (unpaired) electrons. The molecule has 0 atom stereocenters. The van der Waals surface area contributed by atoms with Gasteiger partial charge in [0.05, 0.1) is 0 Å². The van der Waals surface area contributed by atoms with Crippen LogP contribution >= 0.6 is 22.7 Å². The van der Waals surface area contributed by atoms with E-state index in [0.717, 1.165) is 159 Å². The van der Waals surface area contributed by atoms with Gasteiger partial charge >= 0.3 is 0 Å². The van der Waals surface area contributed by atoms with Crippen molar-refractivity contribution in [2.24, 2.45) is 0 Å². The van der Waals surface area contributed by atoms with Crippen molar-refractivity contribution in [3.05, 3.63) is 388 Å². The van der Waals surface area contributed by atoms with Crippen LogP contribution in [0.15, 0.2) is 401 Å². The minimum Gasteiger partial charge on any atom is -0.456 e. The summed E-state index contributed by atoms with van der Waals surface area (Å²) in [5.41, 5.74) is 23.7. The number of furan rings is 3. The number of benzene rings is 21. The fourth-order valence-corrected chi connectivity index (χ4v) is 22.5. The zero-order chi connectivity index (χ0) is 77.7. The number of hydrogen-bond acceptors (Lipinski definition) is 5. The number of hydrogen-bond donors (Lipinski definition) is 0. The van der Waals surface area contributed by atoms with Crippen molar-refractivity contribution in [3.63, 3.8) is 0 Å². The predicted molar refractivity (Wildman–Crippen MR) is 508 cm³/mol. The molecule has 5 heterocycles. The highest BCUT2D eigenvalue weighted by Gasteiger charge is 2.27. The van der Waals surface area contributed by atoms with Crippen molar-refractivity contribution >= 4 is 195 Å². The lowest BCUT2D eigenvalue weighted by atomic mass is 9.83. The summed E-state index contributed by atoms with van der Waals surface area (Å²) in [5.74, 6) is 0. The van der Waals surface area contributed by atoms with Crippen molar-refractivity contribution < 1.29 is 13.3 Å². The highest BCUT2D eigenvalue weighted by atomic mass is 32.1. The molecule has 26 aromatic rings. The molecule has 0 fully saturated rings. The van der Waals surface area contributed by atoms with E-state index in [2.05, 4.69) is 388 Å². The molecule has 119 heavy (non-hydrogen) atoms. The lowest BCUT2D eigenvalue weighted by Crippen LogP contribution is -1.92. The van der Waals surface area contributed by atoms with Crippen LogP contribution < -0.4 is 0 Å². The standard InChI is InChI=1S/C114H64O3S2/c1-2-23-66(24-3-1)114-96(92-63-103-112(84-35-11-10-33-80(84)92)97-58-73(48-53-99(97)116-103)109-87-38-14-13-37-86(87)108(76-46-50-83-82-34-17-19-43-104(82)118-106(83)62-76)89-51-44-70(56-94(89)109)78-41-21-28-65-22-6-8-31-77(65)78)64-105(119-114)71-29-20-30-72(54-71)107-85-36-12-15-39-88(85)110(75-45-49-81-93-55-67-25-4-5-26-68(67)59-101(93)117-100(81)61-75)95-57-74(47-52-90(95)107)111-79-32-9-7-27-69(79)60-102-113(111)91-40-16-18-42-98(91)115-102/h1-64H. The molecule has 0 saturated heterocycles. The summed E-state index contributed by atoms with van der Waals surface area (Å²) >= 11 is 3.72. The van der Waals surface area contributed by atoms with Crippen LogP contribution in [0.2, 0.25) is 0 Å². The van der Waals surface area contributed by atoms with Crippen LogP contribution in [0.25, 0.3) is 271 Å². The molecule has 0 bridgehead atoms. The summed E-state index contributed by atoms with van der Waals surface area (Å²) in [5, 5.41) is 28.1. The maximum Gasteiger partial charge on any atom is 0.136 e. The van der Waals surface area contributed by atoms with Gasteiger partial charge in [0, 0.05) is 73.4 Å². The van der Waals surface area contributed by atoms with Gasteiger partial charge in [-0.3, -0.25) is 0 Å². The zero-order valence-corrected chi connectivity index (χ0v) is 65.6. The van der Waals surface area contributed by atoms with Crippen LogP contribution in [0.3, 0.4) is 0 Å². The summed E-state index contributed by atoms with van der Waals surface area (Å²) in [6.07, 6.45) is 0. The van der Waals surface area contributed by atoms with Gasteiger partial charge in [0.25, 0.3) is 0 Å². The molecule has 0 amide bonds. The first kappa shape index (κ1) is 66.3. The summed E-state index contributed by atoms with van der Waals surface area (Å²) in [6.45, 7) is 0. The second-order valence-corrected chi connectivity index (χ2v) is 34.0. The third-order valence-corrected chi connectivity index (χ3v) is 27.7. The second-order valence-electron chi connectivity index (χ2n) is 31.9. The van der Waals surface area contributed by atoms with Crippen molar-refractivity contribution in [2.45, 2.75) is 0 Å². The largest absolute Gasteiger partial charge is 0.456 e. The Morgan fingerprint density at radius 3 is 1.38 bits per heavy atom. The van der Waals surface area contributed by atoms with Gasteiger partial charge in [0.15, 0.2) is 0 Å². The quantitative estimate of drug-likeness (QED) is 0.135. The van der Waals surface area contributed by atoms with Crippen LogP contribution in [-0.4, -0.2) is 0 Å². The third-order valence-electron chi connectivity index (χ3n) is 25.4. The SMILES string of the molecule is c1ccc(-c2sc(-c3cccc(-c4c5ccccc5c(-c5ccc6c(c5)oc5cc7ccccc7cc56)c5cc(-c6c7ccccc7cc7oc8ccccc8c67)ccc45)c3)cc2-c2cc3oc4ccc(-c5c6ccccc6c(-c6ccc7c(c6)sc6ccccc67)c6ccc(-c7cccc8ccccc78)cc56)cc4c3c3ccccc23)cc1.